The molecule has 0 saturated carbocycles. The molecule has 0 radical (unpaired) electrons. The van der Waals surface area contributed by atoms with Crippen molar-refractivity contribution in [1.29, 1.82) is 0 Å². The maximum Gasteiger partial charge on any atom is 0.208 e. The minimum Gasteiger partial charge on any atom is -0.355 e. The molecule has 0 amide bonds. The molecule has 29 heavy (non-hydrogen) atoms. The van der Waals surface area contributed by atoms with Crippen LogP contribution in [0.3, 0.4) is 0 Å². The summed E-state index contributed by atoms with van der Waals surface area (Å²) in [6, 6.07) is 8.21. The number of guanidine groups is 1. The van der Waals surface area contributed by atoms with E-state index in [0.29, 0.717) is 32.1 Å². The Morgan fingerprint density at radius 1 is 1.14 bits per heavy atom. The van der Waals surface area contributed by atoms with Crippen LogP contribution in [0.15, 0.2) is 35.6 Å². The van der Waals surface area contributed by atoms with Crippen LogP contribution >= 0.6 is 24.0 Å². The van der Waals surface area contributed by atoms with E-state index in [9.17, 15) is 8.42 Å². The molecule has 1 heterocycles. The Bertz CT molecular complexity index is 867. The Labute approximate surface area is 189 Å². The Morgan fingerprint density at radius 3 is 2.48 bits per heavy atom. The summed E-state index contributed by atoms with van der Waals surface area (Å²) in [5, 5.41) is 14.4. The summed E-state index contributed by atoms with van der Waals surface area (Å²) in [4.78, 5) is 4.60. The fraction of sp³-hybridized carbons (Fsp3) is 0.500. The average molecular weight is 535 g/mol. The first-order valence-corrected chi connectivity index (χ1v) is 11.2. The van der Waals surface area contributed by atoms with Crippen LogP contribution in [-0.2, 0) is 29.5 Å². The number of rotatable bonds is 10. The topological polar surface area (TPSA) is 113 Å². The zero-order valence-electron chi connectivity index (χ0n) is 17.1. The predicted octanol–water partition coefficient (Wildman–Crippen LogP) is 1.05. The van der Waals surface area contributed by atoms with Crippen molar-refractivity contribution in [2.75, 3.05) is 25.9 Å². The van der Waals surface area contributed by atoms with Crippen molar-refractivity contribution >= 4 is 40.0 Å². The summed E-state index contributed by atoms with van der Waals surface area (Å²) in [6.45, 7) is 6.69. The minimum atomic E-state index is -3.20. The molecule has 0 atom stereocenters. The summed E-state index contributed by atoms with van der Waals surface area (Å²) < 4.78 is 26.8. The quantitative estimate of drug-likeness (QED) is 0.182. The second-order valence-electron chi connectivity index (χ2n) is 6.46. The van der Waals surface area contributed by atoms with E-state index in [4.69, 9.17) is 0 Å². The Morgan fingerprint density at radius 2 is 1.83 bits per heavy atom. The molecular formula is C18H30IN7O2S. The van der Waals surface area contributed by atoms with E-state index in [1.54, 1.807) is 6.33 Å². The highest BCUT2D eigenvalue weighted by atomic mass is 127. The van der Waals surface area contributed by atoms with Gasteiger partial charge in [0.25, 0.3) is 0 Å². The number of hydrogen-bond acceptors (Lipinski definition) is 5. The summed E-state index contributed by atoms with van der Waals surface area (Å²) in [7, 11) is -3.20. The largest absolute Gasteiger partial charge is 0.355 e. The van der Waals surface area contributed by atoms with Gasteiger partial charge in [0.05, 0.1) is 12.8 Å². The Kier molecular flexibility index (Phi) is 11.1. The molecule has 0 aliphatic heterocycles. The van der Waals surface area contributed by atoms with Gasteiger partial charge in [0.1, 0.15) is 12.2 Å². The van der Waals surface area contributed by atoms with Crippen LogP contribution in [0, 0.1) is 6.92 Å². The first-order chi connectivity index (χ1) is 13.4. The molecule has 0 spiro atoms. The van der Waals surface area contributed by atoms with Crippen LogP contribution < -0.4 is 15.4 Å². The molecule has 1 aromatic heterocycles. The number of benzene rings is 1. The summed E-state index contributed by atoms with van der Waals surface area (Å²) in [5.74, 6) is 1.56. The summed E-state index contributed by atoms with van der Waals surface area (Å²) in [6.07, 6.45) is 3.68. The molecule has 162 valence electrons. The fourth-order valence-corrected chi connectivity index (χ4v) is 2.96. The molecular weight excluding hydrogens is 505 g/mol. The molecule has 3 N–H and O–H groups in total. The number of aryl methyl sites for hydroxylation is 2. The second-order valence-corrected chi connectivity index (χ2v) is 8.30. The van der Waals surface area contributed by atoms with Gasteiger partial charge in [-0.2, -0.15) is 0 Å². The van der Waals surface area contributed by atoms with E-state index in [1.807, 2.05) is 30.5 Å². The molecule has 11 heteroatoms. The van der Waals surface area contributed by atoms with Crippen LogP contribution in [-0.4, -0.2) is 55.0 Å². The maximum atomic E-state index is 11.2. The van der Waals surface area contributed by atoms with Gasteiger partial charge in [-0.15, -0.1) is 34.2 Å². The smallest absolute Gasteiger partial charge is 0.208 e. The molecule has 0 bridgehead atoms. The molecule has 0 saturated heterocycles. The first kappa shape index (κ1) is 25.3. The lowest BCUT2D eigenvalue weighted by Gasteiger charge is -2.13. The number of nitrogens with one attached hydrogen (secondary N) is 3. The zero-order chi connectivity index (χ0) is 20.4. The highest BCUT2D eigenvalue weighted by Gasteiger charge is 2.04. The number of hydrogen-bond donors (Lipinski definition) is 3. The minimum absolute atomic E-state index is 0. The maximum absolute atomic E-state index is 11.2. The highest BCUT2D eigenvalue weighted by molar-refractivity contribution is 14.0. The van der Waals surface area contributed by atoms with E-state index >= 15 is 0 Å². The van der Waals surface area contributed by atoms with Gasteiger partial charge in [0, 0.05) is 32.6 Å². The Hall–Kier alpha value is -1.73. The molecule has 2 rings (SSSR count). The third-order valence-electron chi connectivity index (χ3n) is 3.98. The normalized spacial score (nSPS) is 11.8. The Balaban J connectivity index is 0.00000420. The van der Waals surface area contributed by atoms with Crippen molar-refractivity contribution in [3.8, 4) is 0 Å². The van der Waals surface area contributed by atoms with E-state index in [2.05, 4.69) is 42.7 Å². The lowest BCUT2D eigenvalue weighted by Crippen LogP contribution is -2.42. The molecule has 0 unspecified atom stereocenters. The highest BCUT2D eigenvalue weighted by Crippen LogP contribution is 2.04. The molecule has 0 aliphatic carbocycles. The van der Waals surface area contributed by atoms with E-state index in [-0.39, 0.29) is 30.5 Å². The average Bonchev–Trinajstić information content (AvgIpc) is 3.10. The van der Waals surface area contributed by atoms with Crippen molar-refractivity contribution in [1.82, 2.24) is 30.1 Å². The SMILES string of the molecule is CCc1nncn1CCNC(=NCc1ccc(C)cc1)NCCNS(C)(=O)=O.I. The third-order valence-corrected chi connectivity index (χ3v) is 4.71. The second kappa shape index (κ2) is 12.8. The first-order valence-electron chi connectivity index (χ1n) is 9.26. The monoisotopic (exact) mass is 535 g/mol. The zero-order valence-corrected chi connectivity index (χ0v) is 20.2. The van der Waals surface area contributed by atoms with Crippen LogP contribution in [0.4, 0.5) is 0 Å². The van der Waals surface area contributed by atoms with Crippen molar-refractivity contribution < 1.29 is 8.42 Å². The van der Waals surface area contributed by atoms with E-state index < -0.39 is 10.0 Å². The van der Waals surface area contributed by atoms with E-state index in [1.165, 1.54) is 5.56 Å². The molecule has 9 nitrogen and oxygen atoms in total. The van der Waals surface area contributed by atoms with Gasteiger partial charge in [-0.3, -0.25) is 0 Å². The summed E-state index contributed by atoms with van der Waals surface area (Å²) in [5.41, 5.74) is 2.31. The standard InChI is InChI=1S/C18H29N7O2S.HI/c1-4-17-24-22-14-25(17)12-11-20-18(19-9-10-23-28(3,26)27)21-13-16-7-5-15(2)6-8-16;/h5-8,14,23H,4,9-13H2,1-3H3,(H2,19,20,21);1H. The number of nitrogens with zero attached hydrogens (tertiary/aromatic N) is 4. The number of sulfonamides is 1. The molecule has 0 aliphatic rings. The number of halogens is 1. The number of aromatic nitrogens is 3. The van der Waals surface area contributed by atoms with Gasteiger partial charge >= 0.3 is 0 Å². The van der Waals surface area contributed by atoms with Crippen molar-refractivity contribution in [2.24, 2.45) is 4.99 Å². The lowest BCUT2D eigenvalue weighted by atomic mass is 10.1. The lowest BCUT2D eigenvalue weighted by molar-refractivity contribution is 0.586. The predicted molar refractivity (Wildman–Crippen MR) is 126 cm³/mol. The van der Waals surface area contributed by atoms with Crippen LogP contribution in [0.5, 0.6) is 0 Å². The van der Waals surface area contributed by atoms with Gasteiger partial charge in [0.2, 0.25) is 10.0 Å². The van der Waals surface area contributed by atoms with E-state index in [0.717, 1.165) is 24.1 Å². The fourth-order valence-electron chi connectivity index (χ4n) is 2.49. The number of aliphatic imine (C=N–C) groups is 1. The summed E-state index contributed by atoms with van der Waals surface area (Å²) >= 11 is 0. The van der Waals surface area contributed by atoms with Gasteiger partial charge in [-0.1, -0.05) is 36.8 Å². The van der Waals surface area contributed by atoms with Crippen LogP contribution in [0.1, 0.15) is 23.9 Å². The van der Waals surface area contributed by atoms with Gasteiger partial charge in [-0.05, 0) is 12.5 Å². The third kappa shape index (κ3) is 10.0. The van der Waals surface area contributed by atoms with Crippen LogP contribution in [0.2, 0.25) is 0 Å². The molecule has 0 fully saturated rings. The van der Waals surface area contributed by atoms with Gasteiger partial charge < -0.3 is 15.2 Å². The van der Waals surface area contributed by atoms with Crippen molar-refractivity contribution in [2.45, 2.75) is 33.4 Å². The van der Waals surface area contributed by atoms with Crippen molar-refractivity contribution in [3.05, 3.63) is 47.5 Å². The molecule has 2 aromatic rings. The van der Waals surface area contributed by atoms with Gasteiger partial charge in [0.15, 0.2) is 5.96 Å². The van der Waals surface area contributed by atoms with Gasteiger partial charge in [-0.25, -0.2) is 18.1 Å². The molecule has 1 aromatic carbocycles. The van der Waals surface area contributed by atoms with Crippen LogP contribution in [0.25, 0.3) is 0 Å². The van der Waals surface area contributed by atoms with Crippen molar-refractivity contribution in [3.63, 3.8) is 0 Å².